The van der Waals surface area contributed by atoms with Crippen molar-refractivity contribution in [3.63, 3.8) is 0 Å². The highest BCUT2D eigenvalue weighted by molar-refractivity contribution is 5.99. The standard InChI is InChI=1S/C18H21N3O3/c1-4-23-16-5-6-17-14(8-16)7-15(12-24-17)18(22)20(2)10-13-9-19-21(3)11-13/h5-9,11H,4,10,12H2,1-3H3. The lowest BCUT2D eigenvalue weighted by atomic mass is 10.1. The molecule has 0 atom stereocenters. The molecule has 126 valence electrons. The topological polar surface area (TPSA) is 56.6 Å². The van der Waals surface area contributed by atoms with Gasteiger partial charge in [-0.1, -0.05) is 0 Å². The molecule has 6 heteroatoms. The van der Waals surface area contributed by atoms with Crippen LogP contribution in [0.15, 0.2) is 36.2 Å². The number of amides is 1. The summed E-state index contributed by atoms with van der Waals surface area (Å²) < 4.78 is 12.9. The van der Waals surface area contributed by atoms with E-state index in [2.05, 4.69) is 5.10 Å². The first kappa shape index (κ1) is 16.1. The molecule has 2 heterocycles. The number of nitrogens with zero attached hydrogens (tertiary/aromatic N) is 3. The van der Waals surface area contributed by atoms with E-state index in [1.807, 2.05) is 44.4 Å². The first-order chi connectivity index (χ1) is 11.6. The Labute approximate surface area is 141 Å². The number of carbonyl (C=O) groups is 1. The summed E-state index contributed by atoms with van der Waals surface area (Å²) >= 11 is 0. The number of hydrogen-bond donors (Lipinski definition) is 0. The molecule has 0 bridgehead atoms. The zero-order valence-corrected chi connectivity index (χ0v) is 14.2. The molecule has 1 aromatic carbocycles. The summed E-state index contributed by atoms with van der Waals surface area (Å²) in [5, 5.41) is 4.12. The second-order valence-corrected chi connectivity index (χ2v) is 5.77. The van der Waals surface area contributed by atoms with Crippen LogP contribution in [0.4, 0.5) is 0 Å². The normalized spacial score (nSPS) is 12.9. The first-order valence-corrected chi connectivity index (χ1v) is 7.90. The number of benzene rings is 1. The number of hydrogen-bond acceptors (Lipinski definition) is 4. The molecule has 0 radical (unpaired) electrons. The summed E-state index contributed by atoms with van der Waals surface area (Å²) in [5.41, 5.74) is 2.48. The van der Waals surface area contributed by atoms with Gasteiger partial charge < -0.3 is 14.4 Å². The summed E-state index contributed by atoms with van der Waals surface area (Å²) in [6.45, 7) is 3.32. The van der Waals surface area contributed by atoms with E-state index in [-0.39, 0.29) is 12.5 Å². The molecule has 0 fully saturated rings. The lowest BCUT2D eigenvalue weighted by Gasteiger charge is -2.22. The number of rotatable bonds is 5. The third-order valence-corrected chi connectivity index (χ3v) is 3.80. The Kier molecular flexibility index (Phi) is 4.55. The predicted molar refractivity (Wildman–Crippen MR) is 90.8 cm³/mol. The van der Waals surface area contributed by atoms with Crippen molar-refractivity contribution in [2.75, 3.05) is 20.3 Å². The minimum atomic E-state index is -0.0497. The number of aryl methyl sites for hydroxylation is 1. The fourth-order valence-corrected chi connectivity index (χ4v) is 2.68. The van der Waals surface area contributed by atoms with Gasteiger partial charge in [-0.2, -0.15) is 5.10 Å². The Balaban J connectivity index is 1.76. The molecular weight excluding hydrogens is 306 g/mol. The maximum atomic E-state index is 12.6. The van der Waals surface area contributed by atoms with E-state index in [9.17, 15) is 4.79 Å². The van der Waals surface area contributed by atoms with Gasteiger partial charge >= 0.3 is 0 Å². The molecule has 24 heavy (non-hydrogen) atoms. The molecule has 1 amide bonds. The van der Waals surface area contributed by atoms with Crippen LogP contribution in [-0.4, -0.2) is 40.8 Å². The van der Waals surface area contributed by atoms with Crippen molar-refractivity contribution in [1.82, 2.24) is 14.7 Å². The lowest BCUT2D eigenvalue weighted by molar-refractivity contribution is -0.126. The maximum Gasteiger partial charge on any atom is 0.253 e. The number of likely N-dealkylation sites (N-methyl/N-ethyl adjacent to an activating group) is 1. The van der Waals surface area contributed by atoms with E-state index in [4.69, 9.17) is 9.47 Å². The molecule has 0 N–H and O–H groups in total. The molecule has 1 aromatic heterocycles. The van der Waals surface area contributed by atoms with E-state index < -0.39 is 0 Å². The number of ether oxygens (including phenoxy) is 2. The van der Waals surface area contributed by atoms with Crippen LogP contribution < -0.4 is 9.47 Å². The molecule has 1 aliphatic heterocycles. The van der Waals surface area contributed by atoms with Crippen LogP contribution in [0, 0.1) is 0 Å². The molecule has 2 aromatic rings. The minimum Gasteiger partial charge on any atom is -0.494 e. The second kappa shape index (κ2) is 6.78. The Bertz CT molecular complexity index is 780. The second-order valence-electron chi connectivity index (χ2n) is 5.77. The molecule has 0 spiro atoms. The van der Waals surface area contributed by atoms with E-state index in [0.717, 1.165) is 22.6 Å². The van der Waals surface area contributed by atoms with Crippen molar-refractivity contribution in [1.29, 1.82) is 0 Å². The van der Waals surface area contributed by atoms with Crippen molar-refractivity contribution in [2.45, 2.75) is 13.5 Å². The van der Waals surface area contributed by atoms with Gasteiger partial charge in [0, 0.05) is 38.0 Å². The van der Waals surface area contributed by atoms with Crippen molar-refractivity contribution in [3.8, 4) is 11.5 Å². The summed E-state index contributed by atoms with van der Waals surface area (Å²) in [6.07, 6.45) is 5.54. The predicted octanol–water partition coefficient (Wildman–Crippen LogP) is 2.25. The van der Waals surface area contributed by atoms with E-state index in [0.29, 0.717) is 18.7 Å². The Hall–Kier alpha value is -2.76. The Morgan fingerprint density at radius 3 is 3.00 bits per heavy atom. The average Bonchev–Trinajstić information content (AvgIpc) is 2.98. The van der Waals surface area contributed by atoms with Gasteiger partial charge in [0.2, 0.25) is 0 Å². The maximum absolute atomic E-state index is 12.6. The van der Waals surface area contributed by atoms with Gasteiger partial charge in [0.1, 0.15) is 18.1 Å². The average molecular weight is 327 g/mol. The molecule has 6 nitrogen and oxygen atoms in total. The molecule has 1 aliphatic rings. The molecule has 0 saturated heterocycles. The van der Waals surface area contributed by atoms with E-state index in [1.165, 1.54) is 0 Å². The van der Waals surface area contributed by atoms with Gasteiger partial charge in [0.25, 0.3) is 5.91 Å². The Morgan fingerprint density at radius 1 is 1.46 bits per heavy atom. The van der Waals surface area contributed by atoms with Gasteiger partial charge in [-0.15, -0.1) is 0 Å². The van der Waals surface area contributed by atoms with Crippen molar-refractivity contribution < 1.29 is 14.3 Å². The fraction of sp³-hybridized carbons (Fsp3) is 0.333. The smallest absolute Gasteiger partial charge is 0.253 e. The fourth-order valence-electron chi connectivity index (χ4n) is 2.68. The quantitative estimate of drug-likeness (QED) is 0.845. The highest BCUT2D eigenvalue weighted by atomic mass is 16.5. The van der Waals surface area contributed by atoms with Crippen molar-refractivity contribution >= 4 is 12.0 Å². The molecule has 0 unspecified atom stereocenters. The highest BCUT2D eigenvalue weighted by Gasteiger charge is 2.21. The number of fused-ring (bicyclic) bond motifs is 1. The van der Waals surface area contributed by atoms with E-state index in [1.54, 1.807) is 22.8 Å². The molecule has 0 aliphatic carbocycles. The number of carbonyl (C=O) groups excluding carboxylic acids is 1. The van der Waals surface area contributed by atoms with Gasteiger partial charge in [-0.3, -0.25) is 9.48 Å². The lowest BCUT2D eigenvalue weighted by Crippen LogP contribution is -2.30. The van der Waals surface area contributed by atoms with Gasteiger partial charge in [-0.25, -0.2) is 0 Å². The zero-order chi connectivity index (χ0) is 17.1. The van der Waals surface area contributed by atoms with Crippen molar-refractivity contribution in [3.05, 3.63) is 47.3 Å². The van der Waals surface area contributed by atoms with Crippen LogP contribution in [-0.2, 0) is 18.4 Å². The van der Waals surface area contributed by atoms with Gasteiger partial charge in [-0.05, 0) is 31.2 Å². The van der Waals surface area contributed by atoms with E-state index >= 15 is 0 Å². The summed E-state index contributed by atoms with van der Waals surface area (Å²) in [5.74, 6) is 1.49. The molecule has 3 rings (SSSR count). The largest absolute Gasteiger partial charge is 0.494 e. The monoisotopic (exact) mass is 327 g/mol. The van der Waals surface area contributed by atoms with Crippen LogP contribution in [0.25, 0.3) is 6.08 Å². The third kappa shape index (κ3) is 3.42. The van der Waals surface area contributed by atoms with Gasteiger partial charge in [0.05, 0.1) is 18.4 Å². The Morgan fingerprint density at radius 2 is 2.29 bits per heavy atom. The summed E-state index contributed by atoms with van der Waals surface area (Å²) in [4.78, 5) is 14.3. The minimum absolute atomic E-state index is 0.0497. The van der Waals surface area contributed by atoms with Crippen LogP contribution >= 0.6 is 0 Å². The number of aromatic nitrogens is 2. The van der Waals surface area contributed by atoms with Crippen LogP contribution in [0.1, 0.15) is 18.1 Å². The zero-order valence-electron chi connectivity index (χ0n) is 14.2. The summed E-state index contributed by atoms with van der Waals surface area (Å²) in [7, 11) is 3.64. The van der Waals surface area contributed by atoms with Crippen molar-refractivity contribution in [2.24, 2.45) is 7.05 Å². The van der Waals surface area contributed by atoms with Crippen LogP contribution in [0.2, 0.25) is 0 Å². The SMILES string of the molecule is CCOc1ccc2c(c1)C=C(C(=O)N(C)Cc1cnn(C)c1)CO2. The van der Waals surface area contributed by atoms with Crippen LogP contribution in [0.5, 0.6) is 11.5 Å². The van der Waals surface area contributed by atoms with Gasteiger partial charge in [0.15, 0.2) is 0 Å². The highest BCUT2D eigenvalue weighted by Crippen LogP contribution is 2.30. The third-order valence-electron chi connectivity index (χ3n) is 3.80. The molecular formula is C18H21N3O3. The first-order valence-electron chi connectivity index (χ1n) is 7.90. The summed E-state index contributed by atoms with van der Waals surface area (Å²) in [6, 6.07) is 5.64. The molecule has 0 saturated carbocycles. The van der Waals surface area contributed by atoms with Crippen LogP contribution in [0.3, 0.4) is 0 Å².